The van der Waals surface area contributed by atoms with Crippen molar-refractivity contribution in [2.24, 2.45) is 35.5 Å². The first kappa shape index (κ1) is 13.6. The number of hydrogen-bond acceptors (Lipinski definition) is 2. The largest absolute Gasteiger partial charge is 0.481 e. The fourth-order valence-electron chi connectivity index (χ4n) is 5.92. The lowest BCUT2D eigenvalue weighted by Crippen LogP contribution is -2.54. The van der Waals surface area contributed by atoms with Crippen molar-refractivity contribution >= 4 is 11.9 Å². The van der Waals surface area contributed by atoms with Crippen LogP contribution in [0.3, 0.4) is 0 Å². The Morgan fingerprint density at radius 3 is 2.14 bits per heavy atom. The van der Waals surface area contributed by atoms with Gasteiger partial charge in [0.1, 0.15) is 0 Å². The molecular weight excluding hydrogens is 266 g/mol. The summed E-state index contributed by atoms with van der Waals surface area (Å²) in [6, 6.07) is 0. The number of likely N-dealkylation sites (tertiary alicyclic amines) is 1. The topological polar surface area (TPSA) is 57.6 Å². The summed E-state index contributed by atoms with van der Waals surface area (Å²) in [5.41, 5.74) is 0. The van der Waals surface area contributed by atoms with Gasteiger partial charge in [-0.2, -0.15) is 0 Å². The summed E-state index contributed by atoms with van der Waals surface area (Å²) in [6.07, 6.45) is 7.97. The third-order valence-electron chi connectivity index (χ3n) is 6.59. The number of carboxylic acids is 1. The van der Waals surface area contributed by atoms with Gasteiger partial charge < -0.3 is 10.0 Å². The molecule has 4 heteroatoms. The van der Waals surface area contributed by atoms with E-state index in [0.29, 0.717) is 18.4 Å². The van der Waals surface area contributed by atoms with Crippen LogP contribution in [0.1, 0.15) is 44.9 Å². The zero-order chi connectivity index (χ0) is 14.6. The highest BCUT2D eigenvalue weighted by Gasteiger charge is 2.51. The third kappa shape index (κ3) is 2.27. The summed E-state index contributed by atoms with van der Waals surface area (Å²) in [6.45, 7) is 1.21. The first-order chi connectivity index (χ1) is 10.1. The zero-order valence-electron chi connectivity index (χ0n) is 12.5. The molecule has 4 saturated carbocycles. The van der Waals surface area contributed by atoms with Gasteiger partial charge in [0.25, 0.3) is 0 Å². The van der Waals surface area contributed by atoms with Crippen LogP contribution in [0.4, 0.5) is 0 Å². The van der Waals surface area contributed by atoms with Gasteiger partial charge in [-0.1, -0.05) is 0 Å². The molecule has 1 amide bonds. The molecule has 1 saturated heterocycles. The van der Waals surface area contributed by atoms with Crippen LogP contribution >= 0.6 is 0 Å². The molecule has 0 spiro atoms. The van der Waals surface area contributed by atoms with E-state index < -0.39 is 5.97 Å². The van der Waals surface area contributed by atoms with E-state index in [0.717, 1.165) is 31.2 Å². The number of amides is 1. The minimum atomic E-state index is -0.738. The highest BCUT2D eigenvalue weighted by Crippen LogP contribution is 2.56. The van der Waals surface area contributed by atoms with E-state index in [1.165, 1.54) is 32.1 Å². The van der Waals surface area contributed by atoms with E-state index in [1.807, 2.05) is 4.90 Å². The number of carbonyl (C=O) groups is 2. The summed E-state index contributed by atoms with van der Waals surface area (Å²) >= 11 is 0. The molecule has 1 heterocycles. The predicted molar refractivity (Wildman–Crippen MR) is 77.5 cm³/mol. The molecule has 5 fully saturated rings. The number of hydrogen-bond donors (Lipinski definition) is 1. The van der Waals surface area contributed by atoms with Crippen LogP contribution in [0, 0.1) is 35.5 Å². The van der Waals surface area contributed by atoms with Gasteiger partial charge in [0, 0.05) is 19.0 Å². The lowest BCUT2D eigenvalue weighted by Gasteiger charge is -2.54. The number of aliphatic carboxylic acids is 1. The minimum Gasteiger partial charge on any atom is -0.481 e. The number of carbonyl (C=O) groups excluding carboxylic acids is 1. The Kier molecular flexibility index (Phi) is 3.23. The van der Waals surface area contributed by atoms with Crippen LogP contribution in [0.25, 0.3) is 0 Å². The number of piperidine rings is 1. The maximum absolute atomic E-state index is 13.0. The normalized spacial score (nSPS) is 44.9. The van der Waals surface area contributed by atoms with E-state index in [9.17, 15) is 14.7 Å². The van der Waals surface area contributed by atoms with Gasteiger partial charge in [-0.05, 0) is 68.6 Å². The summed E-state index contributed by atoms with van der Waals surface area (Å²) in [4.78, 5) is 26.1. The fraction of sp³-hybridized carbons (Fsp3) is 0.882. The Labute approximate surface area is 125 Å². The molecule has 1 N–H and O–H groups in total. The molecular formula is C17H25NO3. The molecule has 4 aliphatic carbocycles. The molecule has 21 heavy (non-hydrogen) atoms. The molecule has 1 aliphatic heterocycles. The maximum Gasteiger partial charge on any atom is 0.308 e. The SMILES string of the molecule is O=C(O)C1CCCN(C(=O)C2C3CC4CC(C3)CC2C4)C1. The third-order valence-corrected chi connectivity index (χ3v) is 6.59. The second-order valence-corrected chi connectivity index (χ2v) is 7.92. The molecule has 0 aromatic carbocycles. The van der Waals surface area contributed by atoms with Gasteiger partial charge in [0.15, 0.2) is 0 Å². The first-order valence-electron chi connectivity index (χ1n) is 8.63. The average Bonchev–Trinajstić information content (AvgIpc) is 2.46. The van der Waals surface area contributed by atoms with Crippen molar-refractivity contribution in [2.45, 2.75) is 44.9 Å². The molecule has 5 aliphatic rings. The van der Waals surface area contributed by atoms with Crippen molar-refractivity contribution in [1.82, 2.24) is 4.90 Å². The van der Waals surface area contributed by atoms with Gasteiger partial charge in [-0.25, -0.2) is 0 Å². The Morgan fingerprint density at radius 2 is 1.57 bits per heavy atom. The highest BCUT2D eigenvalue weighted by molar-refractivity contribution is 5.81. The van der Waals surface area contributed by atoms with Crippen LogP contribution in [-0.2, 0) is 9.59 Å². The smallest absolute Gasteiger partial charge is 0.308 e. The molecule has 1 atom stereocenters. The van der Waals surface area contributed by atoms with Crippen LogP contribution in [-0.4, -0.2) is 35.0 Å². The Morgan fingerprint density at radius 1 is 0.952 bits per heavy atom. The number of rotatable bonds is 2. The predicted octanol–water partition coefficient (Wildman–Crippen LogP) is 2.38. The molecule has 5 rings (SSSR count). The van der Waals surface area contributed by atoms with E-state index in [4.69, 9.17) is 0 Å². The molecule has 0 radical (unpaired) electrons. The second-order valence-electron chi connectivity index (χ2n) is 7.92. The summed E-state index contributed by atoms with van der Waals surface area (Å²) in [5.74, 6) is 2.37. The van der Waals surface area contributed by atoms with Gasteiger partial charge in [-0.15, -0.1) is 0 Å². The van der Waals surface area contributed by atoms with Crippen LogP contribution in [0.15, 0.2) is 0 Å². The summed E-state index contributed by atoms with van der Waals surface area (Å²) < 4.78 is 0. The van der Waals surface area contributed by atoms with E-state index in [-0.39, 0.29) is 17.7 Å². The van der Waals surface area contributed by atoms with Crippen LogP contribution < -0.4 is 0 Å². The lowest BCUT2D eigenvalue weighted by molar-refractivity contribution is -0.154. The van der Waals surface area contributed by atoms with Gasteiger partial charge in [0.05, 0.1) is 5.92 Å². The average molecular weight is 291 g/mol. The van der Waals surface area contributed by atoms with Crippen molar-refractivity contribution in [3.63, 3.8) is 0 Å². The molecule has 0 aromatic rings. The molecule has 1 unspecified atom stereocenters. The van der Waals surface area contributed by atoms with Crippen LogP contribution in [0.5, 0.6) is 0 Å². The van der Waals surface area contributed by atoms with Crippen LogP contribution in [0.2, 0.25) is 0 Å². The zero-order valence-corrected chi connectivity index (χ0v) is 12.5. The number of nitrogens with zero attached hydrogens (tertiary/aromatic N) is 1. The molecule has 4 bridgehead atoms. The van der Waals surface area contributed by atoms with Crippen molar-refractivity contribution in [1.29, 1.82) is 0 Å². The Bertz CT molecular complexity index is 433. The molecule has 0 aromatic heterocycles. The van der Waals surface area contributed by atoms with Gasteiger partial charge in [-0.3, -0.25) is 9.59 Å². The van der Waals surface area contributed by atoms with Gasteiger partial charge >= 0.3 is 5.97 Å². The second kappa shape index (κ2) is 4.99. The Hall–Kier alpha value is -1.06. The molecule has 116 valence electrons. The Balaban J connectivity index is 1.48. The summed E-state index contributed by atoms with van der Waals surface area (Å²) in [7, 11) is 0. The summed E-state index contributed by atoms with van der Waals surface area (Å²) in [5, 5.41) is 9.21. The minimum absolute atomic E-state index is 0.213. The maximum atomic E-state index is 13.0. The van der Waals surface area contributed by atoms with E-state index in [1.54, 1.807) is 0 Å². The monoisotopic (exact) mass is 291 g/mol. The van der Waals surface area contributed by atoms with E-state index in [2.05, 4.69) is 0 Å². The van der Waals surface area contributed by atoms with E-state index >= 15 is 0 Å². The highest BCUT2D eigenvalue weighted by atomic mass is 16.4. The molecule has 4 nitrogen and oxygen atoms in total. The lowest BCUT2D eigenvalue weighted by atomic mass is 9.51. The van der Waals surface area contributed by atoms with Gasteiger partial charge in [0.2, 0.25) is 5.91 Å². The fourth-order valence-corrected chi connectivity index (χ4v) is 5.92. The number of carboxylic acid groups (broad SMARTS) is 1. The standard InChI is InChI=1S/C17H25NO3/c19-16(18-3-1-2-12(9-18)17(20)21)15-13-5-10-4-11(7-13)8-14(15)6-10/h10-15H,1-9H2,(H,20,21). The quantitative estimate of drug-likeness (QED) is 0.850. The van der Waals surface area contributed by atoms with Crippen molar-refractivity contribution in [3.05, 3.63) is 0 Å². The van der Waals surface area contributed by atoms with Crippen molar-refractivity contribution in [2.75, 3.05) is 13.1 Å². The first-order valence-corrected chi connectivity index (χ1v) is 8.63. The van der Waals surface area contributed by atoms with Crippen molar-refractivity contribution in [3.8, 4) is 0 Å². The van der Waals surface area contributed by atoms with Crippen molar-refractivity contribution < 1.29 is 14.7 Å².